The maximum Gasteiger partial charge on any atom is 0.123 e. The molecule has 3 N–H and O–H groups in total. The van der Waals surface area contributed by atoms with Crippen LogP contribution in [0.2, 0.25) is 0 Å². The first-order valence-corrected chi connectivity index (χ1v) is 4.08. The molecule has 13 heavy (non-hydrogen) atoms. The van der Waals surface area contributed by atoms with E-state index in [0.717, 1.165) is 16.5 Å². The molecule has 66 valence electrons. The molecule has 3 nitrogen and oxygen atoms in total. The highest BCUT2D eigenvalue weighted by Crippen LogP contribution is 2.24. The van der Waals surface area contributed by atoms with Crippen molar-refractivity contribution in [3.63, 3.8) is 0 Å². The van der Waals surface area contributed by atoms with Crippen LogP contribution in [0, 0.1) is 0 Å². The van der Waals surface area contributed by atoms with E-state index in [4.69, 9.17) is 5.73 Å². The number of phenols is 1. The van der Waals surface area contributed by atoms with E-state index in [9.17, 15) is 5.11 Å². The fraction of sp³-hybridized carbons (Fsp3) is 0.100. The summed E-state index contributed by atoms with van der Waals surface area (Å²) in [4.78, 5) is 4.13. The van der Waals surface area contributed by atoms with Gasteiger partial charge in [0.15, 0.2) is 0 Å². The van der Waals surface area contributed by atoms with Crippen molar-refractivity contribution in [2.24, 2.45) is 5.73 Å². The number of nitrogens with two attached hydrogens (primary N) is 1. The number of aromatic hydroxyl groups is 1. The molecule has 0 bridgehead atoms. The monoisotopic (exact) mass is 174 g/mol. The lowest BCUT2D eigenvalue weighted by molar-refractivity contribution is 0.481. The number of aromatic nitrogens is 1. The van der Waals surface area contributed by atoms with Crippen LogP contribution in [0.15, 0.2) is 30.5 Å². The first-order valence-electron chi connectivity index (χ1n) is 4.08. The summed E-state index contributed by atoms with van der Waals surface area (Å²) in [5.74, 6) is 0.273. The van der Waals surface area contributed by atoms with Gasteiger partial charge in [0.25, 0.3) is 0 Å². The molecule has 0 amide bonds. The Hall–Kier alpha value is -1.61. The standard InChI is InChI=1S/C10H10N2O/c11-6-9-7-2-1-3-10(13)8(7)4-5-12-9/h1-5,13H,6,11H2. The zero-order valence-corrected chi connectivity index (χ0v) is 7.07. The molecule has 1 heterocycles. The number of hydrogen-bond donors (Lipinski definition) is 2. The molecule has 0 fully saturated rings. The van der Waals surface area contributed by atoms with Crippen LogP contribution in [0.25, 0.3) is 10.8 Å². The smallest absolute Gasteiger partial charge is 0.123 e. The van der Waals surface area contributed by atoms with E-state index < -0.39 is 0 Å². The van der Waals surface area contributed by atoms with Gasteiger partial charge in [-0.25, -0.2) is 0 Å². The molecule has 2 aromatic rings. The Morgan fingerprint density at radius 2 is 2.08 bits per heavy atom. The highest BCUT2D eigenvalue weighted by molar-refractivity contribution is 5.89. The first-order chi connectivity index (χ1) is 6.33. The van der Waals surface area contributed by atoms with Gasteiger partial charge in [0, 0.05) is 23.5 Å². The van der Waals surface area contributed by atoms with Crippen LogP contribution >= 0.6 is 0 Å². The van der Waals surface area contributed by atoms with Gasteiger partial charge in [0.1, 0.15) is 5.75 Å². The molecular weight excluding hydrogens is 164 g/mol. The van der Waals surface area contributed by atoms with E-state index in [1.807, 2.05) is 6.07 Å². The van der Waals surface area contributed by atoms with E-state index in [0.29, 0.717) is 6.54 Å². The van der Waals surface area contributed by atoms with Crippen molar-refractivity contribution < 1.29 is 5.11 Å². The topological polar surface area (TPSA) is 59.1 Å². The second-order valence-corrected chi connectivity index (χ2v) is 2.83. The normalized spacial score (nSPS) is 10.5. The molecule has 0 atom stereocenters. The average Bonchev–Trinajstić information content (AvgIpc) is 2.18. The van der Waals surface area contributed by atoms with Crippen molar-refractivity contribution in [1.29, 1.82) is 0 Å². The lowest BCUT2D eigenvalue weighted by Crippen LogP contribution is -1.99. The summed E-state index contributed by atoms with van der Waals surface area (Å²) in [7, 11) is 0. The molecule has 2 rings (SSSR count). The van der Waals surface area contributed by atoms with Gasteiger partial charge in [-0.1, -0.05) is 12.1 Å². The number of nitrogens with zero attached hydrogens (tertiary/aromatic N) is 1. The molecule has 0 unspecified atom stereocenters. The number of rotatable bonds is 1. The van der Waals surface area contributed by atoms with E-state index >= 15 is 0 Å². The quantitative estimate of drug-likeness (QED) is 0.687. The third-order valence-corrected chi connectivity index (χ3v) is 2.06. The number of phenolic OH excluding ortho intramolecular Hbond substituents is 1. The minimum atomic E-state index is 0.273. The van der Waals surface area contributed by atoms with Crippen molar-refractivity contribution in [3.05, 3.63) is 36.2 Å². The average molecular weight is 174 g/mol. The van der Waals surface area contributed by atoms with Crippen molar-refractivity contribution in [2.75, 3.05) is 0 Å². The number of fused-ring (bicyclic) bond motifs is 1. The molecule has 0 spiro atoms. The van der Waals surface area contributed by atoms with Crippen LogP contribution < -0.4 is 5.73 Å². The van der Waals surface area contributed by atoms with Gasteiger partial charge in [-0.3, -0.25) is 4.98 Å². The van der Waals surface area contributed by atoms with Crippen LogP contribution in [0.1, 0.15) is 5.69 Å². The summed E-state index contributed by atoms with van der Waals surface area (Å²) in [5.41, 5.74) is 6.34. The van der Waals surface area contributed by atoms with Gasteiger partial charge < -0.3 is 10.8 Å². The number of hydrogen-bond acceptors (Lipinski definition) is 3. The molecule has 0 aliphatic heterocycles. The highest BCUT2D eigenvalue weighted by atomic mass is 16.3. The van der Waals surface area contributed by atoms with Crippen molar-refractivity contribution in [1.82, 2.24) is 4.98 Å². The predicted octanol–water partition coefficient (Wildman–Crippen LogP) is 1.40. The second-order valence-electron chi connectivity index (χ2n) is 2.83. The fourth-order valence-electron chi connectivity index (χ4n) is 1.41. The number of benzene rings is 1. The zero-order chi connectivity index (χ0) is 9.26. The molecule has 1 aromatic carbocycles. The summed E-state index contributed by atoms with van der Waals surface area (Å²) in [5, 5.41) is 11.2. The Morgan fingerprint density at radius 3 is 2.85 bits per heavy atom. The lowest BCUT2D eigenvalue weighted by atomic mass is 10.1. The van der Waals surface area contributed by atoms with Crippen molar-refractivity contribution in [3.8, 4) is 5.75 Å². The van der Waals surface area contributed by atoms with E-state index in [-0.39, 0.29) is 5.75 Å². The van der Waals surface area contributed by atoms with Crippen LogP contribution in [0.4, 0.5) is 0 Å². The SMILES string of the molecule is NCc1nccc2c(O)cccc12. The van der Waals surface area contributed by atoms with Crippen molar-refractivity contribution >= 4 is 10.8 Å². The Bertz CT molecular complexity index is 440. The van der Waals surface area contributed by atoms with Crippen molar-refractivity contribution in [2.45, 2.75) is 6.54 Å². The molecule has 3 heteroatoms. The molecule has 0 aliphatic carbocycles. The highest BCUT2D eigenvalue weighted by Gasteiger charge is 2.02. The van der Waals surface area contributed by atoms with E-state index in [1.165, 1.54) is 0 Å². The van der Waals surface area contributed by atoms with Gasteiger partial charge in [-0.05, 0) is 12.1 Å². The maximum absolute atomic E-state index is 9.52. The zero-order valence-electron chi connectivity index (χ0n) is 7.07. The van der Waals surface area contributed by atoms with Gasteiger partial charge in [-0.15, -0.1) is 0 Å². The molecule has 0 saturated carbocycles. The minimum Gasteiger partial charge on any atom is -0.507 e. The van der Waals surface area contributed by atoms with Gasteiger partial charge >= 0.3 is 0 Å². The first kappa shape index (κ1) is 8.01. The summed E-state index contributed by atoms with van der Waals surface area (Å²) in [6.07, 6.45) is 1.66. The third kappa shape index (κ3) is 1.23. The van der Waals surface area contributed by atoms with Gasteiger partial charge in [-0.2, -0.15) is 0 Å². The van der Waals surface area contributed by atoms with Crippen LogP contribution in [0.3, 0.4) is 0 Å². The Morgan fingerprint density at radius 1 is 1.23 bits per heavy atom. The van der Waals surface area contributed by atoms with E-state index in [1.54, 1.807) is 24.4 Å². The Kier molecular flexibility index (Phi) is 1.87. The Balaban J connectivity index is 2.84. The minimum absolute atomic E-state index is 0.273. The second kappa shape index (κ2) is 3.03. The summed E-state index contributed by atoms with van der Waals surface area (Å²) in [6, 6.07) is 7.13. The molecule has 0 aliphatic rings. The third-order valence-electron chi connectivity index (χ3n) is 2.06. The van der Waals surface area contributed by atoms with E-state index in [2.05, 4.69) is 4.98 Å². The largest absolute Gasteiger partial charge is 0.507 e. The molecule has 1 aromatic heterocycles. The number of pyridine rings is 1. The van der Waals surface area contributed by atoms with Crippen LogP contribution in [0.5, 0.6) is 5.75 Å². The fourth-order valence-corrected chi connectivity index (χ4v) is 1.41. The van der Waals surface area contributed by atoms with Crippen LogP contribution in [-0.2, 0) is 6.54 Å². The summed E-state index contributed by atoms with van der Waals surface area (Å²) in [6.45, 7) is 0.390. The van der Waals surface area contributed by atoms with Gasteiger partial charge in [0.2, 0.25) is 0 Å². The van der Waals surface area contributed by atoms with Gasteiger partial charge in [0.05, 0.1) is 5.69 Å². The maximum atomic E-state index is 9.52. The molecular formula is C10H10N2O. The molecule has 0 radical (unpaired) electrons. The molecule has 0 saturated heterocycles. The summed E-state index contributed by atoms with van der Waals surface area (Å²) < 4.78 is 0. The summed E-state index contributed by atoms with van der Waals surface area (Å²) >= 11 is 0. The Labute approximate surface area is 75.8 Å². The lowest BCUT2D eigenvalue weighted by Gasteiger charge is -2.03. The van der Waals surface area contributed by atoms with Crippen LogP contribution in [-0.4, -0.2) is 10.1 Å². The predicted molar refractivity (Wildman–Crippen MR) is 51.3 cm³/mol.